The minimum atomic E-state index is 0.621. The van der Waals surface area contributed by atoms with Crippen LogP contribution in [0.3, 0.4) is 0 Å². The largest absolute Gasteiger partial charge is 0.346 e. The number of nitrogens with one attached hydrogen (secondary N) is 1. The number of aromatic amines is 1. The van der Waals surface area contributed by atoms with E-state index >= 15 is 0 Å². The molecule has 15 heavy (non-hydrogen) atoms. The third-order valence-corrected chi connectivity index (χ3v) is 2.49. The first-order chi connectivity index (χ1) is 7.40. The quantitative estimate of drug-likeness (QED) is 0.606. The normalized spacial score (nSPS) is 10.9. The summed E-state index contributed by atoms with van der Waals surface area (Å²) in [7, 11) is 0. The molecule has 72 valence electrons. The Morgan fingerprint density at radius 1 is 1.20 bits per heavy atom. The van der Waals surface area contributed by atoms with Gasteiger partial charge in [-0.3, -0.25) is 9.78 Å². The summed E-state index contributed by atoms with van der Waals surface area (Å²) in [5.74, 6) is 0. The average molecular weight is 197 g/mol. The molecule has 2 aromatic heterocycles. The Hall–Kier alpha value is -2.23. The molecule has 0 atom stereocenters. The highest BCUT2D eigenvalue weighted by atomic mass is 16.1. The molecule has 0 unspecified atom stereocenters. The van der Waals surface area contributed by atoms with E-state index in [1.807, 2.05) is 12.1 Å². The van der Waals surface area contributed by atoms with Gasteiger partial charge in [-0.2, -0.15) is 0 Å². The van der Waals surface area contributed by atoms with Crippen molar-refractivity contribution in [2.75, 3.05) is 0 Å². The first kappa shape index (κ1) is 8.11. The Labute approximate surface area is 85.0 Å². The van der Waals surface area contributed by atoms with Gasteiger partial charge in [0.15, 0.2) is 6.29 Å². The molecule has 1 N–H and O–H groups in total. The molecule has 3 aromatic rings. The van der Waals surface area contributed by atoms with Gasteiger partial charge in [0, 0.05) is 28.7 Å². The number of fused-ring (bicyclic) bond motifs is 3. The fourth-order valence-corrected chi connectivity index (χ4v) is 1.75. The molecular weight excluding hydrogens is 190 g/mol. The summed E-state index contributed by atoms with van der Waals surface area (Å²) >= 11 is 0. The number of aromatic nitrogens is 3. The second kappa shape index (κ2) is 2.88. The molecule has 0 fully saturated rings. The maximum atomic E-state index is 10.8. The molecule has 0 radical (unpaired) electrons. The van der Waals surface area contributed by atoms with Gasteiger partial charge in [-0.05, 0) is 12.1 Å². The summed E-state index contributed by atoms with van der Waals surface area (Å²) in [6.45, 7) is 0. The zero-order valence-corrected chi connectivity index (χ0v) is 7.77. The van der Waals surface area contributed by atoms with Crippen LogP contribution in [0.1, 0.15) is 10.4 Å². The van der Waals surface area contributed by atoms with E-state index in [2.05, 4.69) is 15.0 Å². The Bertz CT molecular complexity index is 657. The minimum absolute atomic E-state index is 0.621. The van der Waals surface area contributed by atoms with Crippen LogP contribution in [0.15, 0.2) is 30.9 Å². The van der Waals surface area contributed by atoms with Crippen molar-refractivity contribution in [1.29, 1.82) is 0 Å². The van der Waals surface area contributed by atoms with Crippen LogP contribution in [-0.2, 0) is 0 Å². The molecule has 2 heterocycles. The van der Waals surface area contributed by atoms with Crippen molar-refractivity contribution in [3.05, 3.63) is 36.4 Å². The number of aldehydes is 1. The number of benzene rings is 1. The van der Waals surface area contributed by atoms with Crippen LogP contribution < -0.4 is 0 Å². The number of carbonyl (C=O) groups is 1. The van der Waals surface area contributed by atoms with E-state index in [9.17, 15) is 4.79 Å². The highest BCUT2D eigenvalue weighted by Crippen LogP contribution is 2.24. The van der Waals surface area contributed by atoms with Crippen LogP contribution in [0, 0.1) is 0 Å². The lowest BCUT2D eigenvalue weighted by molar-refractivity contribution is 0.112. The van der Waals surface area contributed by atoms with E-state index in [0.29, 0.717) is 5.56 Å². The fraction of sp³-hybridized carbons (Fsp3) is 0. The van der Waals surface area contributed by atoms with Crippen molar-refractivity contribution < 1.29 is 4.79 Å². The molecule has 0 aliphatic rings. The summed E-state index contributed by atoms with van der Waals surface area (Å²) in [6, 6.07) is 3.82. The smallest absolute Gasteiger partial charge is 0.152 e. The lowest BCUT2D eigenvalue weighted by Crippen LogP contribution is -1.82. The molecule has 0 saturated heterocycles. The number of carbonyl (C=O) groups excluding carboxylic acids is 1. The molecule has 4 nitrogen and oxygen atoms in total. The monoisotopic (exact) mass is 197 g/mol. The molecule has 0 bridgehead atoms. The summed E-state index contributed by atoms with van der Waals surface area (Å²) < 4.78 is 0. The standard InChI is InChI=1S/C11H7N3O/c15-5-7-3-13-11-8(7)1-2-10-9(11)4-12-6-14-10/h1-6H,(H,12,14). The molecule has 0 aliphatic heterocycles. The summed E-state index contributed by atoms with van der Waals surface area (Å²) in [4.78, 5) is 22.0. The number of hydrogen-bond donors (Lipinski definition) is 1. The van der Waals surface area contributed by atoms with Gasteiger partial charge in [-0.25, -0.2) is 4.98 Å². The zero-order valence-electron chi connectivity index (χ0n) is 7.77. The van der Waals surface area contributed by atoms with Crippen molar-refractivity contribution in [1.82, 2.24) is 15.0 Å². The fourth-order valence-electron chi connectivity index (χ4n) is 1.75. The molecule has 0 spiro atoms. The molecule has 3 rings (SSSR count). The van der Waals surface area contributed by atoms with E-state index in [1.54, 1.807) is 18.7 Å². The van der Waals surface area contributed by atoms with Crippen molar-refractivity contribution in [3.8, 4) is 0 Å². The molecule has 1 aromatic carbocycles. The van der Waals surface area contributed by atoms with Gasteiger partial charge in [0.1, 0.15) is 0 Å². The van der Waals surface area contributed by atoms with E-state index in [0.717, 1.165) is 28.1 Å². The molecule has 0 saturated carbocycles. The van der Waals surface area contributed by atoms with Crippen LogP contribution in [0.25, 0.3) is 21.8 Å². The highest BCUT2D eigenvalue weighted by molar-refractivity contribution is 6.09. The van der Waals surface area contributed by atoms with Crippen LogP contribution in [0.4, 0.5) is 0 Å². The van der Waals surface area contributed by atoms with Gasteiger partial charge in [-0.15, -0.1) is 0 Å². The summed E-state index contributed by atoms with van der Waals surface area (Å²) in [6.07, 6.45) is 5.78. The van der Waals surface area contributed by atoms with Crippen LogP contribution >= 0.6 is 0 Å². The van der Waals surface area contributed by atoms with Gasteiger partial charge >= 0.3 is 0 Å². The number of nitrogens with zero attached hydrogens (tertiary/aromatic N) is 2. The minimum Gasteiger partial charge on any atom is -0.346 e. The first-order valence-electron chi connectivity index (χ1n) is 4.55. The maximum Gasteiger partial charge on any atom is 0.152 e. The highest BCUT2D eigenvalue weighted by Gasteiger charge is 2.06. The van der Waals surface area contributed by atoms with Gasteiger partial charge in [-0.1, -0.05) is 0 Å². The van der Waals surface area contributed by atoms with E-state index in [1.165, 1.54) is 0 Å². The molecule has 0 amide bonds. The average Bonchev–Trinajstić information content (AvgIpc) is 2.72. The van der Waals surface area contributed by atoms with Crippen molar-refractivity contribution in [2.24, 2.45) is 0 Å². The zero-order chi connectivity index (χ0) is 10.3. The van der Waals surface area contributed by atoms with Gasteiger partial charge < -0.3 is 4.98 Å². The van der Waals surface area contributed by atoms with Crippen LogP contribution in [0.2, 0.25) is 0 Å². The topological polar surface area (TPSA) is 58.6 Å². The molecule has 0 aliphatic carbocycles. The van der Waals surface area contributed by atoms with Crippen molar-refractivity contribution >= 4 is 28.1 Å². The van der Waals surface area contributed by atoms with E-state index < -0.39 is 0 Å². The third kappa shape index (κ3) is 1.05. The Morgan fingerprint density at radius 3 is 3.00 bits per heavy atom. The van der Waals surface area contributed by atoms with Crippen LogP contribution in [-0.4, -0.2) is 21.2 Å². The number of rotatable bonds is 1. The number of hydrogen-bond acceptors (Lipinski definition) is 3. The lowest BCUT2D eigenvalue weighted by Gasteiger charge is -1.97. The predicted octanol–water partition coefficient (Wildman–Crippen LogP) is 1.92. The molecular formula is C11H7N3O. The number of H-pyrrole nitrogens is 1. The second-order valence-corrected chi connectivity index (χ2v) is 3.31. The SMILES string of the molecule is O=Cc1cnc2c1ccc1[nH]cncc12. The van der Waals surface area contributed by atoms with Gasteiger partial charge in [0.2, 0.25) is 0 Å². The maximum absolute atomic E-state index is 10.8. The third-order valence-electron chi connectivity index (χ3n) is 2.49. The van der Waals surface area contributed by atoms with E-state index in [-0.39, 0.29) is 0 Å². The Balaban J connectivity index is 2.55. The Morgan fingerprint density at radius 2 is 2.13 bits per heavy atom. The van der Waals surface area contributed by atoms with Crippen molar-refractivity contribution in [3.63, 3.8) is 0 Å². The lowest BCUT2D eigenvalue weighted by atomic mass is 10.1. The Kier molecular flexibility index (Phi) is 1.56. The second-order valence-electron chi connectivity index (χ2n) is 3.31. The van der Waals surface area contributed by atoms with Crippen LogP contribution in [0.5, 0.6) is 0 Å². The first-order valence-corrected chi connectivity index (χ1v) is 4.55. The van der Waals surface area contributed by atoms with Gasteiger partial charge in [0.05, 0.1) is 17.4 Å². The van der Waals surface area contributed by atoms with E-state index in [4.69, 9.17) is 0 Å². The van der Waals surface area contributed by atoms with Crippen molar-refractivity contribution in [2.45, 2.75) is 0 Å². The molecule has 4 heteroatoms. The van der Waals surface area contributed by atoms with Gasteiger partial charge in [0.25, 0.3) is 0 Å². The summed E-state index contributed by atoms with van der Waals surface area (Å²) in [5, 5.41) is 1.81. The predicted molar refractivity (Wildman–Crippen MR) is 56.8 cm³/mol. The summed E-state index contributed by atoms with van der Waals surface area (Å²) in [5.41, 5.74) is 2.41.